The number of likely N-dealkylation sites (tertiary alicyclic amines) is 1. The van der Waals surface area contributed by atoms with Crippen molar-refractivity contribution in [3.63, 3.8) is 0 Å². The van der Waals surface area contributed by atoms with Crippen LogP contribution in [0.1, 0.15) is 29.6 Å². The van der Waals surface area contributed by atoms with E-state index in [2.05, 4.69) is 15.3 Å². The molecule has 3 heterocycles. The van der Waals surface area contributed by atoms with Gasteiger partial charge in [0.05, 0.1) is 17.5 Å². The van der Waals surface area contributed by atoms with E-state index < -0.39 is 0 Å². The highest BCUT2D eigenvalue weighted by atomic mass is 16.2. The molecule has 0 radical (unpaired) electrons. The van der Waals surface area contributed by atoms with Gasteiger partial charge >= 0.3 is 0 Å². The maximum Gasteiger partial charge on any atom is 0.253 e. The number of hydrogen-bond donors (Lipinski definition) is 3. The zero-order valence-corrected chi connectivity index (χ0v) is 20.0. The second-order valence-corrected chi connectivity index (χ2v) is 8.85. The van der Waals surface area contributed by atoms with E-state index in [9.17, 15) is 9.59 Å². The van der Waals surface area contributed by atoms with E-state index in [1.165, 1.54) is 6.33 Å². The van der Waals surface area contributed by atoms with Crippen LogP contribution in [0.2, 0.25) is 0 Å². The van der Waals surface area contributed by atoms with Crippen LogP contribution in [0.25, 0.3) is 33.4 Å². The zero-order valence-electron chi connectivity index (χ0n) is 20.0. The van der Waals surface area contributed by atoms with Gasteiger partial charge < -0.3 is 25.9 Å². The zero-order chi connectivity index (χ0) is 25.2. The molecule has 2 aromatic carbocycles. The van der Waals surface area contributed by atoms with Crippen LogP contribution in [0, 0.1) is 5.41 Å². The maximum absolute atomic E-state index is 12.8. The van der Waals surface area contributed by atoms with Crippen molar-refractivity contribution >= 4 is 40.6 Å². The van der Waals surface area contributed by atoms with Crippen molar-refractivity contribution < 1.29 is 9.59 Å². The predicted octanol–water partition coefficient (Wildman–Crippen LogP) is 4.10. The minimum atomic E-state index is -0.241. The number of carbonyl (C=O) groups excluding carboxylic acids is 2. The summed E-state index contributed by atoms with van der Waals surface area (Å²) in [6.07, 6.45) is 4.65. The van der Waals surface area contributed by atoms with Gasteiger partial charge in [0.15, 0.2) is 0 Å². The van der Waals surface area contributed by atoms with E-state index in [-0.39, 0.29) is 18.2 Å². The number of carbonyl (C=O) groups is 2. The number of nitrogens with one attached hydrogen (secondary N) is 2. The van der Waals surface area contributed by atoms with Crippen LogP contribution in [-0.4, -0.2) is 50.6 Å². The molecule has 0 bridgehead atoms. The van der Waals surface area contributed by atoms with Crippen molar-refractivity contribution in [1.82, 2.24) is 19.4 Å². The van der Waals surface area contributed by atoms with Crippen LogP contribution < -0.4 is 11.1 Å². The molecule has 2 aromatic heterocycles. The SMILES string of the molecule is Cn1c(-c2ccc(NC(=O)CC=N)cc2)c(-c2ccc(C(=O)N3CCCC3)cc2)c2c(N)ncnc21. The number of fused-ring (bicyclic) bond motifs is 1. The van der Waals surface area contributed by atoms with Crippen molar-refractivity contribution in [2.24, 2.45) is 7.05 Å². The number of aryl methyl sites for hydroxylation is 1. The molecular formula is C27H27N7O2. The Labute approximate surface area is 208 Å². The Morgan fingerprint density at radius 3 is 2.36 bits per heavy atom. The van der Waals surface area contributed by atoms with E-state index >= 15 is 0 Å². The molecule has 182 valence electrons. The van der Waals surface area contributed by atoms with Gasteiger partial charge in [-0.15, -0.1) is 0 Å². The Bertz CT molecular complexity index is 1450. The fraction of sp³-hybridized carbons (Fsp3) is 0.222. The lowest BCUT2D eigenvalue weighted by molar-refractivity contribution is -0.115. The number of benzene rings is 2. The number of amides is 2. The Morgan fingerprint density at radius 2 is 1.69 bits per heavy atom. The Balaban J connectivity index is 1.58. The largest absolute Gasteiger partial charge is 0.383 e. The molecule has 1 fully saturated rings. The smallest absolute Gasteiger partial charge is 0.253 e. The predicted molar refractivity (Wildman–Crippen MR) is 141 cm³/mol. The number of nitrogen functional groups attached to an aromatic ring is 1. The van der Waals surface area contributed by atoms with Gasteiger partial charge in [-0.1, -0.05) is 24.3 Å². The molecule has 36 heavy (non-hydrogen) atoms. The van der Waals surface area contributed by atoms with Gasteiger partial charge in [0.25, 0.3) is 5.91 Å². The Kier molecular flexibility index (Phi) is 6.20. The standard InChI is InChI=1S/C27H27N7O2/c1-33-24(18-8-10-20(11-9-18)32-21(35)12-13-28)22(23-25(29)30-16-31-26(23)33)17-4-6-19(7-5-17)27(36)34-14-2-3-15-34/h4-11,13,16,28H,2-3,12,14-15H2,1H3,(H,32,35)(H2,29,30,31). The number of aromatic nitrogens is 3. The highest BCUT2D eigenvalue weighted by molar-refractivity contribution is 6.08. The van der Waals surface area contributed by atoms with Crippen LogP contribution in [-0.2, 0) is 11.8 Å². The lowest BCUT2D eigenvalue weighted by Crippen LogP contribution is -2.27. The molecule has 5 rings (SSSR count). The van der Waals surface area contributed by atoms with Crippen molar-refractivity contribution in [3.05, 3.63) is 60.4 Å². The molecule has 4 aromatic rings. The van der Waals surface area contributed by atoms with E-state index in [4.69, 9.17) is 11.1 Å². The van der Waals surface area contributed by atoms with Crippen LogP contribution in [0.4, 0.5) is 11.5 Å². The Hall–Kier alpha value is -4.53. The molecule has 0 spiro atoms. The first-order chi connectivity index (χ1) is 17.5. The fourth-order valence-corrected chi connectivity index (χ4v) is 4.79. The van der Waals surface area contributed by atoms with Gasteiger partial charge in [-0.05, 0) is 48.2 Å². The van der Waals surface area contributed by atoms with Crippen LogP contribution in [0.3, 0.4) is 0 Å². The molecule has 1 saturated heterocycles. The second kappa shape index (κ2) is 9.61. The number of anilines is 2. The first kappa shape index (κ1) is 23.2. The summed E-state index contributed by atoms with van der Waals surface area (Å²) in [5.74, 6) is 0.194. The summed E-state index contributed by atoms with van der Waals surface area (Å²) in [6, 6.07) is 15.1. The van der Waals surface area contributed by atoms with Crippen LogP contribution in [0.15, 0.2) is 54.9 Å². The molecular weight excluding hydrogens is 454 g/mol. The fourth-order valence-electron chi connectivity index (χ4n) is 4.79. The van der Waals surface area contributed by atoms with Crippen LogP contribution in [0.5, 0.6) is 0 Å². The highest BCUT2D eigenvalue weighted by Crippen LogP contribution is 2.41. The summed E-state index contributed by atoms with van der Waals surface area (Å²) in [5, 5.41) is 10.6. The third kappa shape index (κ3) is 4.19. The topological polar surface area (TPSA) is 130 Å². The molecule has 1 aliphatic rings. The molecule has 1 aliphatic heterocycles. The molecule has 9 nitrogen and oxygen atoms in total. The average molecular weight is 482 g/mol. The van der Waals surface area contributed by atoms with Gasteiger partial charge in [-0.2, -0.15) is 0 Å². The van der Waals surface area contributed by atoms with Gasteiger partial charge in [-0.25, -0.2) is 9.97 Å². The summed E-state index contributed by atoms with van der Waals surface area (Å²) in [7, 11) is 1.93. The lowest BCUT2D eigenvalue weighted by atomic mass is 9.97. The lowest BCUT2D eigenvalue weighted by Gasteiger charge is -2.15. The summed E-state index contributed by atoms with van der Waals surface area (Å²) < 4.78 is 1.98. The number of nitrogens with zero attached hydrogens (tertiary/aromatic N) is 4. The summed E-state index contributed by atoms with van der Waals surface area (Å²) in [4.78, 5) is 35.3. The molecule has 2 amide bonds. The summed E-state index contributed by atoms with van der Waals surface area (Å²) in [5.41, 5.74) is 11.9. The number of nitrogens with two attached hydrogens (primary N) is 1. The quantitative estimate of drug-likeness (QED) is 0.357. The summed E-state index contributed by atoms with van der Waals surface area (Å²) in [6.45, 7) is 1.61. The van der Waals surface area contributed by atoms with E-state index in [0.29, 0.717) is 22.7 Å². The highest BCUT2D eigenvalue weighted by Gasteiger charge is 2.23. The first-order valence-electron chi connectivity index (χ1n) is 11.9. The van der Waals surface area contributed by atoms with Crippen molar-refractivity contribution in [1.29, 1.82) is 5.41 Å². The van der Waals surface area contributed by atoms with E-state index in [1.54, 1.807) is 0 Å². The second-order valence-electron chi connectivity index (χ2n) is 8.85. The third-order valence-corrected chi connectivity index (χ3v) is 6.54. The molecule has 0 atom stereocenters. The monoisotopic (exact) mass is 481 g/mol. The van der Waals surface area contributed by atoms with Crippen molar-refractivity contribution in [2.45, 2.75) is 19.3 Å². The van der Waals surface area contributed by atoms with Gasteiger partial charge in [0.2, 0.25) is 5.91 Å². The van der Waals surface area contributed by atoms with Gasteiger partial charge in [0.1, 0.15) is 17.8 Å². The minimum absolute atomic E-state index is 0.0311. The molecule has 0 saturated carbocycles. The van der Waals surface area contributed by atoms with E-state index in [0.717, 1.165) is 59.9 Å². The first-order valence-corrected chi connectivity index (χ1v) is 11.9. The van der Waals surface area contributed by atoms with Gasteiger partial charge in [-0.3, -0.25) is 9.59 Å². The van der Waals surface area contributed by atoms with Crippen molar-refractivity contribution in [3.8, 4) is 22.4 Å². The molecule has 0 aliphatic carbocycles. The normalized spacial score (nSPS) is 13.2. The number of hydrogen-bond acceptors (Lipinski definition) is 6. The van der Waals surface area contributed by atoms with Gasteiger partial charge in [0, 0.05) is 43.2 Å². The van der Waals surface area contributed by atoms with E-state index in [1.807, 2.05) is 65.0 Å². The average Bonchev–Trinajstić information content (AvgIpc) is 3.52. The molecule has 0 unspecified atom stereocenters. The van der Waals surface area contributed by atoms with Crippen LogP contribution >= 0.6 is 0 Å². The Morgan fingerprint density at radius 1 is 1.03 bits per heavy atom. The molecule has 9 heteroatoms. The summed E-state index contributed by atoms with van der Waals surface area (Å²) >= 11 is 0. The minimum Gasteiger partial charge on any atom is -0.383 e. The third-order valence-electron chi connectivity index (χ3n) is 6.54. The van der Waals surface area contributed by atoms with Crippen molar-refractivity contribution in [2.75, 3.05) is 24.1 Å². The maximum atomic E-state index is 12.8. The molecule has 4 N–H and O–H groups in total. The number of rotatable bonds is 6.